The molecule has 1 aromatic carbocycles. The van der Waals surface area contributed by atoms with Crippen molar-refractivity contribution in [3.05, 3.63) is 47.3 Å². The fraction of sp³-hybridized carbons (Fsp3) is 0.444. The molecule has 0 fully saturated rings. The molecule has 1 unspecified atom stereocenters. The van der Waals surface area contributed by atoms with Gasteiger partial charge in [0.25, 0.3) is 0 Å². The number of rotatable bonds is 6. The van der Waals surface area contributed by atoms with Crippen LogP contribution in [0.15, 0.2) is 35.5 Å². The summed E-state index contributed by atoms with van der Waals surface area (Å²) in [5.41, 5.74) is 0.185. The predicted molar refractivity (Wildman–Crippen MR) is 113 cm³/mol. The molecular weight excluding hydrogens is 486 g/mol. The molecule has 1 atom stereocenters. The number of aryl methyl sites for hydroxylation is 2. The SMILES string of the molecule is CN=C(NCc1cn(C)nc1C(F)(F)F)NCC(C)Oc1ccccc1C.I. The van der Waals surface area contributed by atoms with Crippen molar-refractivity contribution in [2.75, 3.05) is 13.6 Å². The highest BCUT2D eigenvalue weighted by Crippen LogP contribution is 2.30. The molecule has 1 heterocycles. The summed E-state index contributed by atoms with van der Waals surface area (Å²) in [5.74, 6) is 1.17. The molecule has 0 bridgehead atoms. The molecule has 0 saturated heterocycles. The Morgan fingerprint density at radius 2 is 1.96 bits per heavy atom. The average molecular weight is 511 g/mol. The van der Waals surface area contributed by atoms with Crippen LogP contribution in [0.1, 0.15) is 23.7 Å². The van der Waals surface area contributed by atoms with Gasteiger partial charge in [0.05, 0.1) is 6.54 Å². The van der Waals surface area contributed by atoms with Gasteiger partial charge in [0, 0.05) is 32.4 Å². The number of aliphatic imine (C=N–C) groups is 1. The number of aromatic nitrogens is 2. The predicted octanol–water partition coefficient (Wildman–Crippen LogP) is 3.50. The Bertz CT molecular complexity index is 792. The van der Waals surface area contributed by atoms with Crippen LogP contribution in [0.5, 0.6) is 5.75 Å². The van der Waals surface area contributed by atoms with Gasteiger partial charge in [-0.3, -0.25) is 9.67 Å². The zero-order valence-corrected chi connectivity index (χ0v) is 18.5. The van der Waals surface area contributed by atoms with Crippen LogP contribution in [0.2, 0.25) is 0 Å². The summed E-state index contributed by atoms with van der Waals surface area (Å²) in [5, 5.41) is 9.41. The molecule has 10 heteroatoms. The van der Waals surface area contributed by atoms with Crippen LogP contribution in [0.3, 0.4) is 0 Å². The van der Waals surface area contributed by atoms with E-state index in [2.05, 4.69) is 20.7 Å². The highest BCUT2D eigenvalue weighted by molar-refractivity contribution is 14.0. The van der Waals surface area contributed by atoms with E-state index in [4.69, 9.17) is 4.74 Å². The van der Waals surface area contributed by atoms with Gasteiger partial charge in [-0.15, -0.1) is 24.0 Å². The molecule has 0 amide bonds. The minimum absolute atomic E-state index is 0. The van der Waals surface area contributed by atoms with Crippen molar-refractivity contribution in [3.63, 3.8) is 0 Å². The minimum Gasteiger partial charge on any atom is -0.489 e. The summed E-state index contributed by atoms with van der Waals surface area (Å²) < 4.78 is 46.0. The maximum Gasteiger partial charge on any atom is 0.435 e. The number of nitrogens with one attached hydrogen (secondary N) is 2. The number of hydrogen-bond acceptors (Lipinski definition) is 3. The van der Waals surface area contributed by atoms with Crippen molar-refractivity contribution in [1.29, 1.82) is 0 Å². The molecule has 28 heavy (non-hydrogen) atoms. The molecular formula is C18H25F3IN5O. The molecule has 0 saturated carbocycles. The number of ether oxygens (including phenoxy) is 1. The fourth-order valence-corrected chi connectivity index (χ4v) is 2.49. The number of benzene rings is 1. The summed E-state index contributed by atoms with van der Waals surface area (Å²) >= 11 is 0. The van der Waals surface area contributed by atoms with Crippen LogP contribution < -0.4 is 15.4 Å². The molecule has 156 valence electrons. The van der Waals surface area contributed by atoms with Gasteiger partial charge in [-0.2, -0.15) is 18.3 Å². The van der Waals surface area contributed by atoms with E-state index in [9.17, 15) is 13.2 Å². The topological polar surface area (TPSA) is 63.5 Å². The molecule has 0 aliphatic carbocycles. The maximum atomic E-state index is 13.0. The summed E-state index contributed by atoms with van der Waals surface area (Å²) in [7, 11) is 3.01. The van der Waals surface area contributed by atoms with Gasteiger partial charge in [-0.1, -0.05) is 18.2 Å². The Labute approximate surface area is 179 Å². The van der Waals surface area contributed by atoms with E-state index in [-0.39, 0.29) is 42.2 Å². The Hall–Kier alpha value is -1.98. The first-order valence-corrected chi connectivity index (χ1v) is 8.47. The third-order valence-electron chi connectivity index (χ3n) is 3.82. The van der Waals surface area contributed by atoms with Crippen LogP contribution in [0, 0.1) is 6.92 Å². The summed E-state index contributed by atoms with van der Waals surface area (Å²) in [6, 6.07) is 7.68. The highest BCUT2D eigenvalue weighted by atomic mass is 127. The van der Waals surface area contributed by atoms with Crippen molar-refractivity contribution >= 4 is 29.9 Å². The molecule has 0 aliphatic rings. The van der Waals surface area contributed by atoms with Crippen LogP contribution in [0.25, 0.3) is 0 Å². The summed E-state index contributed by atoms with van der Waals surface area (Å²) in [6.07, 6.45) is -3.31. The highest BCUT2D eigenvalue weighted by Gasteiger charge is 2.36. The smallest absolute Gasteiger partial charge is 0.435 e. The second-order valence-corrected chi connectivity index (χ2v) is 6.18. The number of guanidine groups is 1. The van der Waals surface area contributed by atoms with E-state index < -0.39 is 11.9 Å². The molecule has 0 aliphatic heterocycles. The van der Waals surface area contributed by atoms with Gasteiger partial charge in [0.15, 0.2) is 11.7 Å². The number of alkyl halides is 3. The Kier molecular flexibility index (Phi) is 9.05. The number of para-hydroxylation sites is 1. The number of halogens is 4. The lowest BCUT2D eigenvalue weighted by atomic mass is 10.2. The normalized spacial score (nSPS) is 12.9. The second-order valence-electron chi connectivity index (χ2n) is 6.18. The summed E-state index contributed by atoms with van der Waals surface area (Å²) in [6.45, 7) is 4.25. The Balaban J connectivity index is 0.00000392. The third-order valence-corrected chi connectivity index (χ3v) is 3.82. The first-order chi connectivity index (χ1) is 12.7. The number of hydrogen-bond donors (Lipinski definition) is 2. The molecule has 2 N–H and O–H groups in total. The Morgan fingerprint density at radius 3 is 2.57 bits per heavy atom. The molecule has 1 aromatic heterocycles. The van der Waals surface area contributed by atoms with Gasteiger partial charge in [0.1, 0.15) is 11.9 Å². The van der Waals surface area contributed by atoms with Gasteiger partial charge < -0.3 is 15.4 Å². The van der Waals surface area contributed by atoms with E-state index in [1.54, 1.807) is 7.05 Å². The third kappa shape index (κ3) is 6.88. The largest absolute Gasteiger partial charge is 0.489 e. The van der Waals surface area contributed by atoms with Crippen LogP contribution in [-0.2, 0) is 19.8 Å². The molecule has 2 rings (SSSR count). The van der Waals surface area contributed by atoms with E-state index in [0.717, 1.165) is 16.0 Å². The van der Waals surface area contributed by atoms with Crippen molar-refractivity contribution in [2.45, 2.75) is 32.7 Å². The molecule has 0 radical (unpaired) electrons. The quantitative estimate of drug-likeness (QED) is 0.354. The maximum absolute atomic E-state index is 13.0. The van der Waals surface area contributed by atoms with Crippen molar-refractivity contribution in [2.24, 2.45) is 12.0 Å². The standard InChI is InChI=1S/C18H24F3N5O.HI/c1-12-7-5-6-8-15(12)27-13(2)9-23-17(22-3)24-10-14-11-26(4)25-16(14)18(19,20)21;/h5-8,11,13H,9-10H2,1-4H3,(H2,22,23,24);1H. The van der Waals surface area contributed by atoms with Gasteiger partial charge >= 0.3 is 6.18 Å². The first kappa shape index (κ1) is 24.1. The van der Waals surface area contributed by atoms with Crippen molar-refractivity contribution in [1.82, 2.24) is 20.4 Å². The van der Waals surface area contributed by atoms with Crippen LogP contribution >= 0.6 is 24.0 Å². The fourth-order valence-electron chi connectivity index (χ4n) is 2.49. The van der Waals surface area contributed by atoms with E-state index in [1.165, 1.54) is 13.2 Å². The monoisotopic (exact) mass is 511 g/mol. The molecule has 2 aromatic rings. The minimum atomic E-state index is -4.49. The van der Waals surface area contributed by atoms with E-state index in [1.807, 2.05) is 38.1 Å². The van der Waals surface area contributed by atoms with Crippen LogP contribution in [0.4, 0.5) is 13.2 Å². The zero-order valence-electron chi connectivity index (χ0n) is 16.2. The van der Waals surface area contributed by atoms with Gasteiger partial charge in [-0.25, -0.2) is 0 Å². The lowest BCUT2D eigenvalue weighted by Crippen LogP contribution is -2.41. The van der Waals surface area contributed by atoms with E-state index >= 15 is 0 Å². The first-order valence-electron chi connectivity index (χ1n) is 8.47. The Morgan fingerprint density at radius 1 is 1.29 bits per heavy atom. The van der Waals surface area contributed by atoms with Gasteiger partial charge in [0.2, 0.25) is 0 Å². The van der Waals surface area contributed by atoms with E-state index in [0.29, 0.717) is 12.5 Å². The average Bonchev–Trinajstić information content (AvgIpc) is 2.98. The van der Waals surface area contributed by atoms with Gasteiger partial charge in [-0.05, 0) is 25.5 Å². The lowest BCUT2D eigenvalue weighted by Gasteiger charge is -2.19. The second kappa shape index (κ2) is 10.5. The molecule has 0 spiro atoms. The summed E-state index contributed by atoms with van der Waals surface area (Å²) in [4.78, 5) is 4.03. The number of nitrogens with zero attached hydrogens (tertiary/aromatic N) is 3. The zero-order chi connectivity index (χ0) is 20.0. The van der Waals surface area contributed by atoms with Crippen molar-refractivity contribution < 1.29 is 17.9 Å². The van der Waals surface area contributed by atoms with Crippen LogP contribution in [-0.4, -0.2) is 35.4 Å². The molecule has 6 nitrogen and oxygen atoms in total. The lowest BCUT2D eigenvalue weighted by molar-refractivity contribution is -0.142. The van der Waals surface area contributed by atoms with Crippen molar-refractivity contribution in [3.8, 4) is 5.75 Å².